The molecule has 1 aromatic heterocycles. The normalized spacial score (nSPS) is 16.0. The van der Waals surface area contributed by atoms with E-state index in [2.05, 4.69) is 33.8 Å². The minimum Gasteiger partial charge on any atom is -0.396 e. The van der Waals surface area contributed by atoms with Crippen molar-refractivity contribution in [2.75, 3.05) is 31.6 Å². The molecule has 3 aromatic rings. The lowest BCUT2D eigenvalue weighted by atomic mass is 9.84. The Morgan fingerprint density at radius 3 is 2.65 bits per heavy atom. The molecule has 0 bridgehead atoms. The quantitative estimate of drug-likeness (QED) is 0.681. The minimum absolute atomic E-state index is 0.103. The summed E-state index contributed by atoms with van der Waals surface area (Å²) in [5.74, 6) is -0.208. The van der Waals surface area contributed by atoms with Crippen molar-refractivity contribution >= 4 is 27.1 Å². The molecule has 1 aliphatic heterocycles. The van der Waals surface area contributed by atoms with Crippen LogP contribution in [0.25, 0.3) is 21.2 Å². The fourth-order valence-corrected chi connectivity index (χ4v) is 4.74. The molecule has 1 fully saturated rings. The van der Waals surface area contributed by atoms with E-state index >= 15 is 0 Å². The van der Waals surface area contributed by atoms with Gasteiger partial charge in [0.1, 0.15) is 5.82 Å². The highest BCUT2D eigenvalue weighted by molar-refractivity contribution is 7.17. The Balaban J connectivity index is 1.60. The van der Waals surface area contributed by atoms with Gasteiger partial charge in [0.2, 0.25) is 0 Å². The van der Waals surface area contributed by atoms with Gasteiger partial charge in [-0.1, -0.05) is 12.1 Å². The summed E-state index contributed by atoms with van der Waals surface area (Å²) >= 11 is 1.72. The van der Waals surface area contributed by atoms with E-state index < -0.39 is 0 Å². The third-order valence-corrected chi connectivity index (χ3v) is 6.37. The van der Waals surface area contributed by atoms with Crippen molar-refractivity contribution in [2.24, 2.45) is 0 Å². The number of benzene rings is 2. The number of likely N-dealkylation sites (N-methyl/N-ethyl adjacent to an activating group) is 1. The molecular weight excluding hydrogens is 347 g/mol. The van der Waals surface area contributed by atoms with Gasteiger partial charge in [-0.25, -0.2) is 4.39 Å². The summed E-state index contributed by atoms with van der Waals surface area (Å²) < 4.78 is 14.5. The van der Waals surface area contributed by atoms with E-state index in [1.54, 1.807) is 11.3 Å². The van der Waals surface area contributed by atoms with Crippen LogP contribution in [0.3, 0.4) is 0 Å². The predicted octanol–water partition coefficient (Wildman–Crippen LogP) is 4.26. The van der Waals surface area contributed by atoms with E-state index in [1.807, 2.05) is 19.2 Å². The summed E-state index contributed by atoms with van der Waals surface area (Å²) in [5.41, 5.74) is 3.53. The van der Waals surface area contributed by atoms with Crippen LogP contribution >= 0.6 is 11.3 Å². The second-order valence-corrected chi connectivity index (χ2v) is 7.96. The number of hydrogen-bond donors (Lipinski definition) is 2. The Bertz CT molecular complexity index is 900. The molecule has 0 amide bonds. The van der Waals surface area contributed by atoms with Gasteiger partial charge in [0, 0.05) is 41.0 Å². The van der Waals surface area contributed by atoms with Gasteiger partial charge in [0.25, 0.3) is 0 Å². The lowest BCUT2D eigenvalue weighted by Gasteiger charge is -2.51. The van der Waals surface area contributed by atoms with Gasteiger partial charge < -0.3 is 15.3 Å². The first-order valence-corrected chi connectivity index (χ1v) is 9.84. The maximum atomic E-state index is 13.2. The van der Waals surface area contributed by atoms with Gasteiger partial charge in [-0.3, -0.25) is 0 Å². The highest BCUT2D eigenvalue weighted by Gasteiger charge is 2.41. The topological polar surface area (TPSA) is 35.5 Å². The molecule has 26 heavy (non-hydrogen) atoms. The van der Waals surface area contributed by atoms with Crippen LogP contribution in [-0.2, 0) is 0 Å². The van der Waals surface area contributed by atoms with Crippen molar-refractivity contribution in [1.82, 2.24) is 5.32 Å². The molecule has 0 unspecified atom stereocenters. The van der Waals surface area contributed by atoms with E-state index in [9.17, 15) is 4.39 Å². The van der Waals surface area contributed by atoms with E-state index in [1.165, 1.54) is 27.9 Å². The summed E-state index contributed by atoms with van der Waals surface area (Å²) in [4.78, 5) is 2.37. The number of hydrogen-bond acceptors (Lipinski definition) is 4. The molecule has 2 aromatic carbocycles. The molecule has 2 N–H and O–H groups in total. The average Bonchev–Trinajstić information content (AvgIpc) is 3.05. The van der Waals surface area contributed by atoms with E-state index in [-0.39, 0.29) is 18.0 Å². The SMILES string of the molecule is CNC1(CCCO)CN(c2ccc3scc(-c4ccc(F)cc4)c3c2)C1. The molecule has 1 aliphatic rings. The summed E-state index contributed by atoms with van der Waals surface area (Å²) in [5, 5.41) is 15.9. The fourth-order valence-electron chi connectivity index (χ4n) is 3.79. The second-order valence-electron chi connectivity index (χ2n) is 7.05. The van der Waals surface area contributed by atoms with Crippen LogP contribution in [0.15, 0.2) is 47.8 Å². The Morgan fingerprint density at radius 2 is 1.96 bits per heavy atom. The van der Waals surface area contributed by atoms with Crippen LogP contribution in [0.1, 0.15) is 12.8 Å². The largest absolute Gasteiger partial charge is 0.396 e. The summed E-state index contributed by atoms with van der Waals surface area (Å²) in [6.45, 7) is 2.14. The number of fused-ring (bicyclic) bond motifs is 1. The number of thiophene rings is 1. The number of aliphatic hydroxyl groups is 1. The van der Waals surface area contributed by atoms with Gasteiger partial charge in [-0.15, -0.1) is 11.3 Å². The molecule has 136 valence electrons. The molecule has 0 aliphatic carbocycles. The fraction of sp³-hybridized carbons (Fsp3) is 0.333. The summed E-state index contributed by atoms with van der Waals surface area (Å²) in [6, 6.07) is 13.3. The van der Waals surface area contributed by atoms with E-state index in [4.69, 9.17) is 5.11 Å². The zero-order valence-electron chi connectivity index (χ0n) is 14.8. The van der Waals surface area contributed by atoms with E-state index in [0.29, 0.717) is 0 Å². The lowest BCUT2D eigenvalue weighted by molar-refractivity contribution is 0.213. The van der Waals surface area contributed by atoms with E-state index in [0.717, 1.165) is 37.1 Å². The van der Waals surface area contributed by atoms with Gasteiger partial charge in [-0.2, -0.15) is 0 Å². The molecule has 5 heteroatoms. The molecule has 3 nitrogen and oxygen atoms in total. The number of halogens is 1. The van der Waals surface area contributed by atoms with Gasteiger partial charge in [0.05, 0.1) is 5.54 Å². The molecule has 1 saturated heterocycles. The molecule has 0 spiro atoms. The standard InChI is InChI=1S/C21H23FN2OS/c1-23-21(9-2-10-25)13-24(14-21)17-7-8-20-18(11-17)19(12-26-20)15-3-5-16(22)6-4-15/h3-8,11-12,23,25H,2,9-10,13-14H2,1H3. The number of aliphatic hydroxyl groups excluding tert-OH is 1. The van der Waals surface area contributed by atoms with Crippen molar-refractivity contribution in [3.8, 4) is 11.1 Å². The molecular formula is C21H23FN2OS. The van der Waals surface area contributed by atoms with Gasteiger partial charge >= 0.3 is 0 Å². The first kappa shape index (κ1) is 17.5. The molecule has 0 radical (unpaired) electrons. The number of rotatable bonds is 6. The van der Waals surface area contributed by atoms with Crippen molar-refractivity contribution < 1.29 is 9.50 Å². The maximum Gasteiger partial charge on any atom is 0.123 e. The van der Waals surface area contributed by atoms with Crippen molar-refractivity contribution in [1.29, 1.82) is 0 Å². The van der Waals surface area contributed by atoms with Gasteiger partial charge in [0.15, 0.2) is 0 Å². The van der Waals surface area contributed by atoms with Crippen LogP contribution in [0.2, 0.25) is 0 Å². The first-order valence-electron chi connectivity index (χ1n) is 8.96. The van der Waals surface area contributed by atoms with Gasteiger partial charge in [-0.05, 0) is 61.2 Å². The van der Waals surface area contributed by atoms with Crippen LogP contribution in [0, 0.1) is 5.82 Å². The second kappa shape index (κ2) is 6.99. The van der Waals surface area contributed by atoms with Crippen molar-refractivity contribution in [3.05, 3.63) is 53.7 Å². The molecule has 4 rings (SSSR count). The third kappa shape index (κ3) is 3.11. The number of anilines is 1. The predicted molar refractivity (Wildman–Crippen MR) is 108 cm³/mol. The van der Waals surface area contributed by atoms with Crippen LogP contribution in [-0.4, -0.2) is 37.4 Å². The monoisotopic (exact) mass is 370 g/mol. The molecule has 0 saturated carbocycles. The lowest BCUT2D eigenvalue weighted by Crippen LogP contribution is -2.68. The Kier molecular flexibility index (Phi) is 4.69. The van der Waals surface area contributed by atoms with Crippen molar-refractivity contribution in [3.63, 3.8) is 0 Å². The summed E-state index contributed by atoms with van der Waals surface area (Å²) in [7, 11) is 2.00. The minimum atomic E-state index is -0.208. The van der Waals surface area contributed by atoms with Crippen molar-refractivity contribution in [2.45, 2.75) is 18.4 Å². The average molecular weight is 370 g/mol. The highest BCUT2D eigenvalue weighted by Crippen LogP contribution is 2.38. The Hall–Kier alpha value is -1.95. The van der Waals surface area contributed by atoms with Crippen LogP contribution in [0.4, 0.5) is 10.1 Å². The molecule has 0 atom stereocenters. The zero-order valence-corrected chi connectivity index (χ0v) is 15.7. The Labute approximate surface area is 157 Å². The molecule has 2 heterocycles. The van der Waals surface area contributed by atoms with Crippen LogP contribution < -0.4 is 10.2 Å². The maximum absolute atomic E-state index is 13.2. The first-order chi connectivity index (χ1) is 12.6. The zero-order chi connectivity index (χ0) is 18.1. The smallest absolute Gasteiger partial charge is 0.123 e. The summed E-state index contributed by atoms with van der Waals surface area (Å²) in [6.07, 6.45) is 1.81. The Morgan fingerprint density at radius 1 is 1.19 bits per heavy atom. The third-order valence-electron chi connectivity index (χ3n) is 5.41. The van der Waals surface area contributed by atoms with Crippen LogP contribution in [0.5, 0.6) is 0 Å². The number of nitrogens with one attached hydrogen (secondary N) is 1. The number of nitrogens with zero attached hydrogens (tertiary/aromatic N) is 1. The highest BCUT2D eigenvalue weighted by atomic mass is 32.1.